The molecule has 4 aromatic rings. The quantitative estimate of drug-likeness (QED) is 0.252. The van der Waals surface area contributed by atoms with Crippen molar-refractivity contribution in [3.8, 4) is 22.5 Å². The number of aromatic nitrogens is 7. The summed E-state index contributed by atoms with van der Waals surface area (Å²) in [5, 5.41) is 14.0. The molecule has 0 N–H and O–H groups in total. The average molecular weight is 494 g/mol. The van der Waals surface area contributed by atoms with Gasteiger partial charge in [0.1, 0.15) is 0 Å². The molecule has 0 amide bonds. The lowest BCUT2D eigenvalue weighted by molar-refractivity contribution is 0.230. The molecule has 0 aromatic carbocycles. The Morgan fingerprint density at radius 2 is 1.60 bits per heavy atom. The van der Waals surface area contributed by atoms with E-state index in [1.165, 1.54) is 0 Å². The molecule has 4 rings (SSSR count). The first-order valence-corrected chi connectivity index (χ1v) is 15.5. The Balaban J connectivity index is 1.61. The van der Waals surface area contributed by atoms with E-state index in [2.05, 4.69) is 87.0 Å². The highest BCUT2D eigenvalue weighted by Crippen LogP contribution is 2.37. The summed E-state index contributed by atoms with van der Waals surface area (Å²) in [4.78, 5) is 5.04. The van der Waals surface area contributed by atoms with Crippen molar-refractivity contribution in [3.63, 3.8) is 0 Å². The van der Waals surface area contributed by atoms with E-state index in [0.717, 1.165) is 40.9 Å². The molecule has 0 spiro atoms. The molecule has 4 heterocycles. The van der Waals surface area contributed by atoms with Gasteiger partial charge in [0.05, 0.1) is 60.4 Å². The van der Waals surface area contributed by atoms with Crippen molar-refractivity contribution in [1.29, 1.82) is 0 Å². The molecule has 0 unspecified atom stereocenters. The van der Waals surface area contributed by atoms with Crippen molar-refractivity contribution in [2.75, 3.05) is 6.61 Å². The van der Waals surface area contributed by atoms with Gasteiger partial charge in [-0.25, -0.2) is 9.50 Å². The van der Waals surface area contributed by atoms with Gasteiger partial charge in [0, 0.05) is 23.5 Å². The van der Waals surface area contributed by atoms with E-state index < -0.39 is 8.32 Å². The topological polar surface area (TPSA) is 75.1 Å². The van der Waals surface area contributed by atoms with Crippen LogP contribution in [0.2, 0.25) is 18.1 Å². The number of fused-ring (bicyclic) bond motifs is 1. The van der Waals surface area contributed by atoms with Crippen molar-refractivity contribution >= 4 is 13.8 Å². The van der Waals surface area contributed by atoms with Gasteiger partial charge in [-0.1, -0.05) is 34.6 Å². The molecule has 8 nitrogen and oxygen atoms in total. The minimum Gasteiger partial charge on any atom is -0.415 e. The smallest absolute Gasteiger partial charge is 0.192 e. The predicted molar refractivity (Wildman–Crippen MR) is 143 cm³/mol. The van der Waals surface area contributed by atoms with Crippen molar-refractivity contribution in [3.05, 3.63) is 43.2 Å². The second kappa shape index (κ2) is 9.70. The lowest BCUT2D eigenvalue weighted by atomic mass is 10.1. The van der Waals surface area contributed by atoms with Gasteiger partial charge in [-0.05, 0) is 44.0 Å². The fourth-order valence-corrected chi connectivity index (χ4v) is 5.03. The van der Waals surface area contributed by atoms with Crippen LogP contribution in [0.1, 0.15) is 66.5 Å². The molecule has 0 aliphatic heterocycles. The van der Waals surface area contributed by atoms with Crippen molar-refractivity contribution < 1.29 is 4.43 Å². The molecule has 9 heteroatoms. The minimum atomic E-state index is -1.81. The Morgan fingerprint density at radius 1 is 0.943 bits per heavy atom. The van der Waals surface area contributed by atoms with E-state index in [-0.39, 0.29) is 11.1 Å². The third kappa shape index (κ3) is 5.11. The van der Waals surface area contributed by atoms with E-state index in [0.29, 0.717) is 12.6 Å². The van der Waals surface area contributed by atoms with Gasteiger partial charge < -0.3 is 4.43 Å². The monoisotopic (exact) mass is 493 g/mol. The molecular formula is C26H39N7OSi. The molecule has 4 aromatic heterocycles. The summed E-state index contributed by atoms with van der Waals surface area (Å²) in [6.45, 7) is 18.5. The molecule has 0 saturated heterocycles. The first-order chi connectivity index (χ1) is 16.5. The maximum atomic E-state index is 6.43. The first kappa shape index (κ1) is 25.3. The van der Waals surface area contributed by atoms with Gasteiger partial charge in [-0.3, -0.25) is 9.36 Å². The van der Waals surface area contributed by atoms with E-state index in [4.69, 9.17) is 9.41 Å². The normalized spacial score (nSPS) is 13.7. The molecule has 35 heavy (non-hydrogen) atoms. The number of hydrogen-bond acceptors (Lipinski definition) is 5. The van der Waals surface area contributed by atoms with Crippen LogP contribution >= 0.6 is 0 Å². The van der Waals surface area contributed by atoms with Crippen LogP contribution in [0.25, 0.3) is 28.0 Å². The minimum absolute atomic E-state index is 0.129. The molecular weight excluding hydrogens is 454 g/mol. The van der Waals surface area contributed by atoms with Crippen LogP contribution < -0.4 is 0 Å². The third-order valence-electron chi connectivity index (χ3n) is 7.42. The molecule has 0 radical (unpaired) electrons. The molecule has 1 atom stereocenters. The van der Waals surface area contributed by atoms with Crippen LogP contribution in [0.3, 0.4) is 0 Å². The largest absolute Gasteiger partial charge is 0.415 e. The number of hydrogen-bond donors (Lipinski definition) is 0. The Morgan fingerprint density at radius 3 is 2.29 bits per heavy atom. The number of nitrogens with zero attached hydrogens (tertiary/aromatic N) is 7. The summed E-state index contributed by atoms with van der Waals surface area (Å²) < 4.78 is 12.3. The average Bonchev–Trinajstić information content (AvgIpc) is 3.57. The number of rotatable bonds is 9. The SMILES string of the molecule is CCC(CC)n1cc(-c2nc(-c3cnn([C@@H](C)CO[Si](C)(C)C(C)(C)C)c3)cn3nccc23)cn1. The summed E-state index contributed by atoms with van der Waals surface area (Å²) in [7, 11) is -1.81. The lowest BCUT2D eigenvalue weighted by Gasteiger charge is -2.37. The highest BCUT2D eigenvalue weighted by molar-refractivity contribution is 6.74. The zero-order valence-corrected chi connectivity index (χ0v) is 23.4. The van der Waals surface area contributed by atoms with Gasteiger partial charge in [0.15, 0.2) is 8.32 Å². The van der Waals surface area contributed by atoms with E-state index in [1.807, 2.05) is 33.9 Å². The van der Waals surface area contributed by atoms with Gasteiger partial charge >= 0.3 is 0 Å². The van der Waals surface area contributed by atoms with Crippen LogP contribution in [0.4, 0.5) is 0 Å². The van der Waals surface area contributed by atoms with Crippen molar-refractivity contribution in [2.24, 2.45) is 0 Å². The maximum Gasteiger partial charge on any atom is 0.192 e. The molecule has 0 aliphatic carbocycles. The summed E-state index contributed by atoms with van der Waals surface area (Å²) >= 11 is 0. The maximum absolute atomic E-state index is 6.43. The van der Waals surface area contributed by atoms with Crippen LogP contribution in [0.5, 0.6) is 0 Å². The second-order valence-electron chi connectivity index (χ2n) is 10.9. The van der Waals surface area contributed by atoms with E-state index in [9.17, 15) is 0 Å². The standard InChI is InChI=1S/C26H39N7OSi/c1-9-22(10-2)32-16-21(14-29-32)25-24-11-12-27-33(24)17-23(30-25)20-13-28-31(15-20)19(3)18-34-35(7,8)26(4,5)6/h11-17,19,22H,9-10,18H2,1-8H3/t19-/m0/s1. The van der Waals surface area contributed by atoms with Gasteiger partial charge in [0.2, 0.25) is 0 Å². The van der Waals surface area contributed by atoms with Gasteiger partial charge in [0.25, 0.3) is 0 Å². The van der Waals surface area contributed by atoms with Crippen molar-refractivity contribution in [2.45, 2.75) is 84.6 Å². The Kier molecular flexibility index (Phi) is 7.01. The molecule has 0 aliphatic rings. The fourth-order valence-electron chi connectivity index (χ4n) is 3.93. The second-order valence-corrected chi connectivity index (χ2v) is 15.8. The molecule has 0 fully saturated rings. The Labute approximate surface area is 209 Å². The molecule has 0 bridgehead atoms. The Bertz CT molecular complexity index is 1280. The summed E-state index contributed by atoms with van der Waals surface area (Å²) in [5.74, 6) is 0. The lowest BCUT2D eigenvalue weighted by Crippen LogP contribution is -2.42. The first-order valence-electron chi connectivity index (χ1n) is 12.6. The van der Waals surface area contributed by atoms with Crippen LogP contribution in [0.15, 0.2) is 43.2 Å². The molecule has 188 valence electrons. The van der Waals surface area contributed by atoms with E-state index >= 15 is 0 Å². The zero-order chi connectivity index (χ0) is 25.4. The summed E-state index contributed by atoms with van der Waals surface area (Å²) in [6, 6.07) is 2.51. The highest BCUT2D eigenvalue weighted by Gasteiger charge is 2.37. The highest BCUT2D eigenvalue weighted by atomic mass is 28.4. The summed E-state index contributed by atoms with van der Waals surface area (Å²) in [6.07, 6.45) is 13.8. The van der Waals surface area contributed by atoms with Crippen molar-refractivity contribution in [1.82, 2.24) is 34.2 Å². The predicted octanol–water partition coefficient (Wildman–Crippen LogP) is 6.40. The van der Waals surface area contributed by atoms with Crippen LogP contribution in [-0.2, 0) is 4.43 Å². The van der Waals surface area contributed by atoms with Gasteiger partial charge in [-0.15, -0.1) is 0 Å². The van der Waals surface area contributed by atoms with E-state index in [1.54, 1.807) is 6.20 Å². The molecule has 0 saturated carbocycles. The van der Waals surface area contributed by atoms with Gasteiger partial charge in [-0.2, -0.15) is 15.3 Å². The Hall–Kier alpha value is -2.78. The summed E-state index contributed by atoms with van der Waals surface area (Å²) in [5.41, 5.74) is 4.61. The third-order valence-corrected chi connectivity index (χ3v) is 11.9. The van der Waals surface area contributed by atoms with Crippen LogP contribution in [-0.4, -0.2) is 49.1 Å². The zero-order valence-electron chi connectivity index (χ0n) is 22.4. The fraction of sp³-hybridized carbons (Fsp3) is 0.538. The van der Waals surface area contributed by atoms with Crippen LogP contribution in [0, 0.1) is 0 Å².